The monoisotopic (exact) mass is 300 g/mol. The van der Waals surface area contributed by atoms with Crippen LogP contribution >= 0.6 is 0 Å². The molecule has 3 nitrogen and oxygen atoms in total. The van der Waals surface area contributed by atoms with Crippen LogP contribution in [-0.2, 0) is 15.9 Å². The molecule has 0 aliphatic heterocycles. The smallest absolute Gasteiger partial charge is 0.191 e. The highest BCUT2D eigenvalue weighted by Crippen LogP contribution is 2.21. The van der Waals surface area contributed by atoms with E-state index in [2.05, 4.69) is 30.3 Å². The summed E-state index contributed by atoms with van der Waals surface area (Å²) in [6.45, 7) is 5.53. The lowest BCUT2D eigenvalue weighted by atomic mass is 10.0. The van der Waals surface area contributed by atoms with Gasteiger partial charge in [0.25, 0.3) is 0 Å². The van der Waals surface area contributed by atoms with E-state index in [0.717, 1.165) is 12.2 Å². The molecule has 0 radical (unpaired) electrons. The Labute approximate surface area is 132 Å². The molecule has 0 unspecified atom stereocenters. The minimum absolute atomic E-state index is 0.320. The van der Waals surface area contributed by atoms with Gasteiger partial charge in [0.1, 0.15) is 12.4 Å². The van der Waals surface area contributed by atoms with Crippen LogP contribution in [0.4, 0.5) is 0 Å². The minimum Gasteiger partial charge on any atom is -0.488 e. The summed E-state index contributed by atoms with van der Waals surface area (Å²) in [5, 5.41) is 0. The minimum atomic E-state index is -0.320. The number of para-hydroxylation sites is 1. The third kappa shape index (κ3) is 5.17. The number of benzene rings is 2. The average molecular weight is 300 g/mol. The van der Waals surface area contributed by atoms with Crippen molar-refractivity contribution in [2.45, 2.75) is 26.6 Å². The SMILES string of the molecule is CCOC(COc1ccccc1Cc1ccccc1)OCC. The third-order valence-electron chi connectivity index (χ3n) is 3.29. The van der Waals surface area contributed by atoms with Gasteiger partial charge in [-0.2, -0.15) is 0 Å². The molecule has 2 aromatic rings. The van der Waals surface area contributed by atoms with E-state index in [9.17, 15) is 0 Å². The summed E-state index contributed by atoms with van der Waals surface area (Å²) in [4.78, 5) is 0. The highest BCUT2D eigenvalue weighted by molar-refractivity contribution is 5.37. The maximum absolute atomic E-state index is 5.93. The molecule has 0 saturated carbocycles. The van der Waals surface area contributed by atoms with E-state index in [1.54, 1.807) is 0 Å². The highest BCUT2D eigenvalue weighted by atomic mass is 16.7. The average Bonchev–Trinajstić information content (AvgIpc) is 2.55. The van der Waals surface area contributed by atoms with Crippen molar-refractivity contribution in [2.24, 2.45) is 0 Å². The molecule has 0 bridgehead atoms. The van der Waals surface area contributed by atoms with E-state index in [4.69, 9.17) is 14.2 Å². The summed E-state index contributed by atoms with van der Waals surface area (Å²) in [7, 11) is 0. The Morgan fingerprint density at radius 2 is 1.45 bits per heavy atom. The fraction of sp³-hybridized carbons (Fsp3) is 0.368. The predicted molar refractivity (Wildman–Crippen MR) is 88.2 cm³/mol. The molecule has 3 heteroatoms. The van der Waals surface area contributed by atoms with Crippen molar-refractivity contribution in [3.05, 3.63) is 65.7 Å². The zero-order chi connectivity index (χ0) is 15.6. The normalized spacial score (nSPS) is 10.9. The van der Waals surface area contributed by atoms with Gasteiger partial charge < -0.3 is 14.2 Å². The summed E-state index contributed by atoms with van der Waals surface area (Å²) < 4.78 is 17.0. The highest BCUT2D eigenvalue weighted by Gasteiger charge is 2.11. The molecule has 0 amide bonds. The van der Waals surface area contributed by atoms with Gasteiger partial charge in [0.15, 0.2) is 6.29 Å². The van der Waals surface area contributed by atoms with Crippen LogP contribution in [0.5, 0.6) is 5.75 Å². The largest absolute Gasteiger partial charge is 0.488 e. The molecule has 0 spiro atoms. The summed E-state index contributed by atoms with van der Waals surface area (Å²) in [5.41, 5.74) is 2.44. The van der Waals surface area contributed by atoms with Crippen molar-refractivity contribution in [3.63, 3.8) is 0 Å². The number of ether oxygens (including phenoxy) is 3. The second-order valence-electron chi connectivity index (χ2n) is 4.92. The number of hydrogen-bond donors (Lipinski definition) is 0. The Hall–Kier alpha value is -1.84. The number of rotatable bonds is 9. The molecule has 0 aromatic heterocycles. The van der Waals surface area contributed by atoms with E-state index < -0.39 is 0 Å². The topological polar surface area (TPSA) is 27.7 Å². The van der Waals surface area contributed by atoms with E-state index in [1.807, 2.05) is 38.1 Å². The lowest BCUT2D eigenvalue weighted by Gasteiger charge is -2.19. The summed E-state index contributed by atoms with van der Waals surface area (Å²) in [6, 6.07) is 18.5. The molecule has 0 fully saturated rings. The summed E-state index contributed by atoms with van der Waals surface area (Å²) in [5.74, 6) is 0.885. The molecule has 0 aliphatic rings. The van der Waals surface area contributed by atoms with Crippen molar-refractivity contribution in [1.29, 1.82) is 0 Å². The van der Waals surface area contributed by atoms with Crippen molar-refractivity contribution < 1.29 is 14.2 Å². The fourth-order valence-electron chi connectivity index (χ4n) is 2.28. The summed E-state index contributed by atoms with van der Waals surface area (Å²) in [6.07, 6.45) is 0.532. The zero-order valence-corrected chi connectivity index (χ0v) is 13.3. The van der Waals surface area contributed by atoms with Gasteiger partial charge >= 0.3 is 0 Å². The van der Waals surface area contributed by atoms with E-state index in [-0.39, 0.29) is 6.29 Å². The lowest BCUT2D eigenvalue weighted by Crippen LogP contribution is -2.25. The maximum Gasteiger partial charge on any atom is 0.191 e. The first-order chi connectivity index (χ1) is 10.8. The molecule has 0 N–H and O–H groups in total. The van der Waals surface area contributed by atoms with Gasteiger partial charge in [0, 0.05) is 19.6 Å². The van der Waals surface area contributed by atoms with Gasteiger partial charge in [-0.1, -0.05) is 48.5 Å². The van der Waals surface area contributed by atoms with Crippen LogP contribution in [-0.4, -0.2) is 26.1 Å². The molecule has 0 heterocycles. The Balaban J connectivity index is 2.01. The van der Waals surface area contributed by atoms with E-state index >= 15 is 0 Å². The molecular weight excluding hydrogens is 276 g/mol. The maximum atomic E-state index is 5.93. The van der Waals surface area contributed by atoms with Crippen LogP contribution in [0, 0.1) is 0 Å². The second kappa shape index (κ2) is 9.23. The first-order valence-corrected chi connectivity index (χ1v) is 7.81. The van der Waals surface area contributed by atoms with Crippen LogP contribution < -0.4 is 4.74 Å². The number of hydrogen-bond acceptors (Lipinski definition) is 3. The first-order valence-electron chi connectivity index (χ1n) is 7.81. The molecule has 0 aliphatic carbocycles. The van der Waals surface area contributed by atoms with Crippen molar-refractivity contribution >= 4 is 0 Å². The molecule has 0 atom stereocenters. The Kier molecular flexibility index (Phi) is 6.94. The Bertz CT molecular complexity index is 533. The van der Waals surface area contributed by atoms with Crippen LogP contribution in [0.15, 0.2) is 54.6 Å². The van der Waals surface area contributed by atoms with Crippen LogP contribution in [0.3, 0.4) is 0 Å². The van der Waals surface area contributed by atoms with Gasteiger partial charge in [-0.3, -0.25) is 0 Å². The standard InChI is InChI=1S/C19H24O3/c1-3-20-19(21-4-2)15-22-18-13-9-8-12-17(18)14-16-10-6-5-7-11-16/h5-13,19H,3-4,14-15H2,1-2H3. The van der Waals surface area contributed by atoms with Crippen LogP contribution in [0.25, 0.3) is 0 Å². The fourth-order valence-corrected chi connectivity index (χ4v) is 2.28. The quantitative estimate of drug-likeness (QED) is 0.654. The Morgan fingerprint density at radius 3 is 2.14 bits per heavy atom. The lowest BCUT2D eigenvalue weighted by molar-refractivity contribution is -0.152. The molecule has 118 valence electrons. The summed E-state index contributed by atoms with van der Waals surface area (Å²) >= 11 is 0. The second-order valence-corrected chi connectivity index (χ2v) is 4.92. The van der Waals surface area contributed by atoms with Gasteiger partial charge in [-0.25, -0.2) is 0 Å². The van der Waals surface area contributed by atoms with Gasteiger partial charge in [0.2, 0.25) is 0 Å². The van der Waals surface area contributed by atoms with Crippen molar-refractivity contribution in [3.8, 4) is 5.75 Å². The van der Waals surface area contributed by atoms with Crippen LogP contribution in [0.1, 0.15) is 25.0 Å². The van der Waals surface area contributed by atoms with Gasteiger partial charge in [0.05, 0.1) is 0 Å². The van der Waals surface area contributed by atoms with Gasteiger partial charge in [-0.05, 0) is 31.0 Å². The van der Waals surface area contributed by atoms with Crippen molar-refractivity contribution in [2.75, 3.05) is 19.8 Å². The molecule has 2 aromatic carbocycles. The van der Waals surface area contributed by atoms with E-state index in [1.165, 1.54) is 11.1 Å². The third-order valence-corrected chi connectivity index (χ3v) is 3.29. The first kappa shape index (κ1) is 16.5. The zero-order valence-electron chi connectivity index (χ0n) is 13.3. The molecule has 22 heavy (non-hydrogen) atoms. The van der Waals surface area contributed by atoms with Gasteiger partial charge in [-0.15, -0.1) is 0 Å². The van der Waals surface area contributed by atoms with Crippen molar-refractivity contribution in [1.82, 2.24) is 0 Å². The van der Waals surface area contributed by atoms with Crippen LogP contribution in [0.2, 0.25) is 0 Å². The molecule has 0 saturated heterocycles. The Morgan fingerprint density at radius 1 is 0.818 bits per heavy atom. The van der Waals surface area contributed by atoms with E-state index in [0.29, 0.717) is 19.8 Å². The molecular formula is C19H24O3. The predicted octanol–water partition coefficient (Wildman–Crippen LogP) is 4.06. The molecule has 2 rings (SSSR count).